The number of hydrogen-bond donors (Lipinski definition) is 2. The van der Waals surface area contributed by atoms with E-state index in [1.807, 2.05) is 0 Å². The van der Waals surface area contributed by atoms with Crippen molar-refractivity contribution >= 4 is 0 Å². The van der Waals surface area contributed by atoms with Crippen molar-refractivity contribution in [2.24, 2.45) is 0 Å². The molecule has 0 radical (unpaired) electrons. The zero-order chi connectivity index (χ0) is 26.3. The Morgan fingerprint density at radius 3 is 0.824 bits per heavy atom. The number of hydrogen-bond acceptors (Lipinski definition) is 2. The van der Waals surface area contributed by atoms with Gasteiger partial charge in [0.15, 0.2) is 0 Å². The van der Waals surface area contributed by atoms with Crippen LogP contribution < -0.4 is 0 Å². The lowest BCUT2D eigenvalue weighted by atomic mass is 9.94. The van der Waals surface area contributed by atoms with Crippen molar-refractivity contribution in [3.05, 3.63) is 69.8 Å². The maximum atomic E-state index is 12.9. The number of benzene rings is 2. The second-order valence-corrected chi connectivity index (χ2v) is 7.29. The van der Waals surface area contributed by atoms with Crippen LogP contribution in [-0.2, 0) is 24.7 Å². The second kappa shape index (κ2) is 9.29. The Morgan fingerprint density at radius 2 is 0.647 bits per heavy atom. The quantitative estimate of drug-likeness (QED) is 0.411. The Bertz CT molecular complexity index is 857. The van der Waals surface area contributed by atoms with Gasteiger partial charge in [-0.3, -0.25) is 0 Å². The first-order valence-electron chi connectivity index (χ1n) is 9.14. The molecular formula is C20H14F12O2. The topological polar surface area (TPSA) is 40.5 Å². The van der Waals surface area contributed by atoms with E-state index in [2.05, 4.69) is 0 Å². The third-order valence-electron chi connectivity index (χ3n) is 4.70. The summed E-state index contributed by atoms with van der Waals surface area (Å²) in [6.07, 6.45) is -26.5. The molecule has 2 nitrogen and oxygen atoms in total. The summed E-state index contributed by atoms with van der Waals surface area (Å²) in [7, 11) is 0. The van der Waals surface area contributed by atoms with Crippen molar-refractivity contribution in [3.63, 3.8) is 0 Å². The van der Waals surface area contributed by atoms with E-state index in [1.54, 1.807) is 0 Å². The fourth-order valence-corrected chi connectivity index (χ4v) is 2.99. The van der Waals surface area contributed by atoms with Gasteiger partial charge < -0.3 is 10.2 Å². The molecule has 34 heavy (non-hydrogen) atoms. The van der Waals surface area contributed by atoms with Gasteiger partial charge in [-0.2, -0.15) is 52.7 Å². The van der Waals surface area contributed by atoms with Crippen LogP contribution >= 0.6 is 0 Å². The van der Waals surface area contributed by atoms with E-state index in [1.165, 1.54) is 0 Å². The lowest BCUT2D eigenvalue weighted by Crippen LogP contribution is -2.14. The molecule has 2 rings (SSSR count). The minimum atomic E-state index is -5.21. The molecule has 0 aliphatic carbocycles. The Labute approximate surface area is 183 Å². The fraction of sp³-hybridized carbons (Fsp3) is 0.400. The molecule has 0 unspecified atom stereocenters. The number of aliphatic hydroxyl groups is 2. The summed E-state index contributed by atoms with van der Waals surface area (Å²) in [6.45, 7) is 0. The highest BCUT2D eigenvalue weighted by atomic mass is 19.4. The van der Waals surface area contributed by atoms with Crippen LogP contribution in [0, 0.1) is 0 Å². The number of halogens is 12. The minimum absolute atomic E-state index is 0.188. The van der Waals surface area contributed by atoms with Crippen LogP contribution in [0.2, 0.25) is 0 Å². The van der Waals surface area contributed by atoms with Crippen LogP contribution in [0.5, 0.6) is 0 Å². The van der Waals surface area contributed by atoms with Gasteiger partial charge in [0, 0.05) is 0 Å². The Hall–Kier alpha value is -2.48. The van der Waals surface area contributed by atoms with E-state index in [0.717, 1.165) is 0 Å². The van der Waals surface area contributed by atoms with Crippen molar-refractivity contribution in [1.29, 1.82) is 0 Å². The molecule has 2 aromatic carbocycles. The van der Waals surface area contributed by atoms with Crippen LogP contribution in [-0.4, -0.2) is 10.2 Å². The van der Waals surface area contributed by atoms with E-state index >= 15 is 0 Å². The predicted molar refractivity (Wildman–Crippen MR) is 92.0 cm³/mol. The van der Waals surface area contributed by atoms with Crippen LogP contribution in [0.1, 0.15) is 58.4 Å². The van der Waals surface area contributed by atoms with Gasteiger partial charge in [-0.05, 0) is 60.4 Å². The van der Waals surface area contributed by atoms with E-state index in [-0.39, 0.29) is 36.4 Å². The molecule has 0 amide bonds. The highest BCUT2D eigenvalue weighted by molar-refractivity contribution is 5.36. The molecule has 0 fully saturated rings. The molecule has 0 bridgehead atoms. The van der Waals surface area contributed by atoms with Gasteiger partial charge in [0.2, 0.25) is 0 Å². The fourth-order valence-electron chi connectivity index (χ4n) is 2.99. The lowest BCUT2D eigenvalue weighted by molar-refractivity contribution is -0.144. The zero-order valence-corrected chi connectivity index (χ0v) is 16.5. The SMILES string of the molecule is O[C@H](CC[C@@H](O)c1cc(C(F)(F)F)cc(C(F)(F)F)c1)c1cc(C(F)(F)F)cc(C(F)(F)F)c1. The predicted octanol–water partition coefficient (Wildman–Crippen LogP) is 7.31. The van der Waals surface area contributed by atoms with Crippen LogP contribution in [0.15, 0.2) is 36.4 Å². The van der Waals surface area contributed by atoms with E-state index in [4.69, 9.17) is 0 Å². The summed E-state index contributed by atoms with van der Waals surface area (Å²) in [5, 5.41) is 20.1. The van der Waals surface area contributed by atoms with Crippen LogP contribution in [0.25, 0.3) is 0 Å². The Kier molecular flexibility index (Phi) is 7.58. The first-order chi connectivity index (χ1) is 15.2. The highest BCUT2D eigenvalue weighted by Gasteiger charge is 2.39. The second-order valence-electron chi connectivity index (χ2n) is 7.29. The molecule has 0 aromatic heterocycles. The normalized spacial score (nSPS) is 15.4. The Morgan fingerprint density at radius 1 is 0.441 bits per heavy atom. The lowest BCUT2D eigenvalue weighted by Gasteiger charge is -2.20. The first-order valence-corrected chi connectivity index (χ1v) is 9.14. The molecule has 190 valence electrons. The third-order valence-corrected chi connectivity index (χ3v) is 4.70. The Balaban J connectivity index is 2.32. The van der Waals surface area contributed by atoms with Crippen molar-refractivity contribution < 1.29 is 62.9 Å². The average molecular weight is 514 g/mol. The molecule has 0 spiro atoms. The summed E-state index contributed by atoms with van der Waals surface area (Å²) in [4.78, 5) is 0. The molecule has 2 N–H and O–H groups in total. The summed E-state index contributed by atoms with van der Waals surface area (Å²) in [5.41, 5.74) is -8.63. The standard InChI is InChI=1S/C20H14F12O2/c21-17(22,23)11-3-9(4-12(7-11)18(24,25)26)15(33)1-2-16(34)10-5-13(19(27,28)29)8-14(6-10)20(30,31)32/h3-8,15-16,33-34H,1-2H2/t15-,16-/m1/s1. The van der Waals surface area contributed by atoms with Crippen molar-refractivity contribution in [3.8, 4) is 0 Å². The van der Waals surface area contributed by atoms with E-state index < -0.39 is 83.1 Å². The maximum absolute atomic E-state index is 12.9. The van der Waals surface area contributed by atoms with Crippen LogP contribution in [0.4, 0.5) is 52.7 Å². The van der Waals surface area contributed by atoms with Gasteiger partial charge in [0.25, 0.3) is 0 Å². The molecule has 0 heterocycles. The summed E-state index contributed by atoms with van der Waals surface area (Å²) in [6, 6.07) is 0.506. The largest absolute Gasteiger partial charge is 0.416 e. The van der Waals surface area contributed by atoms with Gasteiger partial charge in [0.05, 0.1) is 34.5 Å². The molecule has 0 saturated carbocycles. The molecule has 2 aromatic rings. The van der Waals surface area contributed by atoms with Crippen molar-refractivity contribution in [2.45, 2.75) is 49.8 Å². The van der Waals surface area contributed by atoms with Gasteiger partial charge in [-0.1, -0.05) is 0 Å². The van der Waals surface area contributed by atoms with E-state index in [0.29, 0.717) is 0 Å². The molecule has 0 aliphatic heterocycles. The molecule has 2 atom stereocenters. The van der Waals surface area contributed by atoms with Crippen LogP contribution in [0.3, 0.4) is 0 Å². The van der Waals surface area contributed by atoms with Crippen molar-refractivity contribution in [1.82, 2.24) is 0 Å². The third kappa shape index (κ3) is 7.01. The summed E-state index contributed by atoms with van der Waals surface area (Å²) in [5.74, 6) is 0. The average Bonchev–Trinajstić information content (AvgIpc) is 2.68. The minimum Gasteiger partial charge on any atom is -0.388 e. The zero-order valence-electron chi connectivity index (χ0n) is 16.5. The number of aliphatic hydroxyl groups excluding tert-OH is 2. The smallest absolute Gasteiger partial charge is 0.388 e. The molecule has 0 aliphatic rings. The summed E-state index contributed by atoms with van der Waals surface area (Å²) >= 11 is 0. The van der Waals surface area contributed by atoms with Gasteiger partial charge >= 0.3 is 24.7 Å². The van der Waals surface area contributed by atoms with Crippen molar-refractivity contribution in [2.75, 3.05) is 0 Å². The summed E-state index contributed by atoms with van der Waals surface area (Å²) < 4.78 is 155. The number of alkyl halides is 12. The first kappa shape index (κ1) is 27.8. The number of rotatable bonds is 5. The maximum Gasteiger partial charge on any atom is 0.416 e. The van der Waals surface area contributed by atoms with Gasteiger partial charge in [0.1, 0.15) is 0 Å². The molecule has 14 heteroatoms. The monoisotopic (exact) mass is 514 g/mol. The van der Waals surface area contributed by atoms with Gasteiger partial charge in [-0.15, -0.1) is 0 Å². The van der Waals surface area contributed by atoms with E-state index in [9.17, 15) is 62.9 Å². The highest BCUT2D eigenvalue weighted by Crippen LogP contribution is 2.40. The molecular weight excluding hydrogens is 500 g/mol. The van der Waals surface area contributed by atoms with Gasteiger partial charge in [-0.25, -0.2) is 0 Å². The molecule has 0 saturated heterocycles.